The molecule has 0 aromatic heterocycles. The van der Waals surface area contributed by atoms with Crippen molar-refractivity contribution in [2.45, 2.75) is 44.9 Å². The lowest BCUT2D eigenvalue weighted by Gasteiger charge is -2.25. The molecule has 0 bridgehead atoms. The molecule has 3 unspecified atom stereocenters. The van der Waals surface area contributed by atoms with Gasteiger partial charge in [0, 0.05) is 5.02 Å². The number of rotatable bonds is 4. The Hall–Kier alpha value is -0.710. The maximum Gasteiger partial charge on any atom is 0.160 e. The fraction of sp³-hybridized carbons (Fsp3) is 0.571. The second-order valence-electron chi connectivity index (χ2n) is 4.89. The first-order valence-corrected chi connectivity index (χ1v) is 6.94. The Bertz CT molecular complexity index is 455. The number of nitrogens with one attached hydrogen (secondary N) is 1. The van der Waals surface area contributed by atoms with Crippen LogP contribution in [0.5, 0.6) is 0 Å². The molecule has 1 aliphatic heterocycles. The third-order valence-corrected chi connectivity index (χ3v) is 3.76. The minimum Gasteiger partial charge on any atom is -0.373 e. The molecular formula is C14H18ClF2NO. The molecule has 1 aromatic rings. The Balaban J connectivity index is 2.30. The molecule has 1 aromatic carbocycles. The average Bonchev–Trinajstić information content (AvgIpc) is 2.78. The summed E-state index contributed by atoms with van der Waals surface area (Å²) in [6.07, 6.45) is 1.98. The van der Waals surface area contributed by atoms with E-state index >= 15 is 0 Å². The molecule has 1 saturated heterocycles. The summed E-state index contributed by atoms with van der Waals surface area (Å²) in [5.74, 6) is -1.81. The van der Waals surface area contributed by atoms with Crippen LogP contribution in [-0.4, -0.2) is 18.8 Å². The van der Waals surface area contributed by atoms with Gasteiger partial charge in [-0.15, -0.1) is 0 Å². The van der Waals surface area contributed by atoms with Crippen molar-refractivity contribution in [2.24, 2.45) is 0 Å². The lowest BCUT2D eigenvalue weighted by atomic mass is 9.98. The molecule has 0 radical (unpaired) electrons. The topological polar surface area (TPSA) is 21.3 Å². The minimum absolute atomic E-state index is 0.0580. The predicted octanol–water partition coefficient (Wildman–Crippen LogP) is 3.84. The molecule has 1 aliphatic rings. The Labute approximate surface area is 117 Å². The van der Waals surface area contributed by atoms with Gasteiger partial charge < -0.3 is 10.1 Å². The molecule has 1 fully saturated rings. The van der Waals surface area contributed by atoms with Crippen molar-refractivity contribution in [2.75, 3.05) is 6.54 Å². The van der Waals surface area contributed by atoms with Crippen LogP contribution in [0.15, 0.2) is 12.1 Å². The van der Waals surface area contributed by atoms with Crippen molar-refractivity contribution < 1.29 is 13.5 Å². The van der Waals surface area contributed by atoms with E-state index in [9.17, 15) is 8.78 Å². The molecule has 0 saturated carbocycles. The molecule has 0 spiro atoms. The summed E-state index contributed by atoms with van der Waals surface area (Å²) in [6.45, 7) is 4.67. The summed E-state index contributed by atoms with van der Waals surface area (Å²) in [5.41, 5.74) is 0.557. The minimum atomic E-state index is -0.926. The average molecular weight is 290 g/mol. The Morgan fingerprint density at radius 2 is 2.05 bits per heavy atom. The first-order valence-electron chi connectivity index (χ1n) is 6.56. The van der Waals surface area contributed by atoms with Crippen molar-refractivity contribution >= 4 is 11.6 Å². The Kier molecular flexibility index (Phi) is 4.76. The van der Waals surface area contributed by atoms with Gasteiger partial charge in [0.15, 0.2) is 11.6 Å². The van der Waals surface area contributed by atoms with Gasteiger partial charge in [-0.1, -0.05) is 18.5 Å². The smallest absolute Gasteiger partial charge is 0.160 e. The molecule has 0 aliphatic carbocycles. The number of likely N-dealkylation sites (N-methyl/N-ethyl adjacent to an activating group) is 1. The number of halogens is 3. The zero-order valence-corrected chi connectivity index (χ0v) is 11.8. The van der Waals surface area contributed by atoms with E-state index in [0.29, 0.717) is 12.1 Å². The number of benzene rings is 1. The lowest BCUT2D eigenvalue weighted by Crippen LogP contribution is -2.32. The first-order chi connectivity index (χ1) is 9.02. The van der Waals surface area contributed by atoms with E-state index in [1.54, 1.807) is 0 Å². The molecule has 106 valence electrons. The van der Waals surface area contributed by atoms with Crippen LogP contribution in [0.1, 0.15) is 38.3 Å². The van der Waals surface area contributed by atoms with E-state index < -0.39 is 11.6 Å². The molecule has 2 rings (SSSR count). The molecule has 19 heavy (non-hydrogen) atoms. The van der Waals surface area contributed by atoms with Crippen molar-refractivity contribution in [1.29, 1.82) is 0 Å². The van der Waals surface area contributed by atoms with Gasteiger partial charge in [-0.25, -0.2) is 8.78 Å². The summed E-state index contributed by atoms with van der Waals surface area (Å²) < 4.78 is 32.4. The van der Waals surface area contributed by atoms with Crippen molar-refractivity contribution in [3.05, 3.63) is 34.4 Å². The van der Waals surface area contributed by atoms with Gasteiger partial charge >= 0.3 is 0 Å². The van der Waals surface area contributed by atoms with E-state index in [1.807, 2.05) is 13.8 Å². The summed E-state index contributed by atoms with van der Waals surface area (Å²) in [6, 6.07) is 1.98. The molecule has 0 amide bonds. The van der Waals surface area contributed by atoms with Crippen LogP contribution >= 0.6 is 11.6 Å². The van der Waals surface area contributed by atoms with Crippen LogP contribution in [0, 0.1) is 11.6 Å². The summed E-state index contributed by atoms with van der Waals surface area (Å²) in [7, 11) is 0. The van der Waals surface area contributed by atoms with Crippen molar-refractivity contribution in [1.82, 2.24) is 5.32 Å². The van der Waals surface area contributed by atoms with Crippen LogP contribution in [0.4, 0.5) is 8.78 Å². The maximum absolute atomic E-state index is 13.4. The highest BCUT2D eigenvalue weighted by Crippen LogP contribution is 2.34. The standard InChI is InChI=1S/C14H18ClF2NO/c1-3-18-14(13-5-4-8(2)19-13)9-6-11(16)12(17)7-10(9)15/h6-8,13-14,18H,3-5H2,1-2H3. The normalized spacial score (nSPS) is 24.7. The number of ether oxygens (including phenoxy) is 1. The highest BCUT2D eigenvalue weighted by Gasteiger charge is 2.31. The second kappa shape index (κ2) is 6.16. The number of hydrogen-bond donors (Lipinski definition) is 1. The van der Waals surface area contributed by atoms with E-state index in [-0.39, 0.29) is 23.3 Å². The van der Waals surface area contributed by atoms with E-state index in [1.165, 1.54) is 0 Å². The third kappa shape index (κ3) is 3.25. The second-order valence-corrected chi connectivity index (χ2v) is 5.29. The SMILES string of the molecule is CCNC(c1cc(F)c(F)cc1Cl)C1CCC(C)O1. The highest BCUT2D eigenvalue weighted by molar-refractivity contribution is 6.31. The van der Waals surface area contributed by atoms with Gasteiger partial charge in [0.05, 0.1) is 18.2 Å². The van der Waals surface area contributed by atoms with Crippen molar-refractivity contribution in [3.63, 3.8) is 0 Å². The van der Waals surface area contributed by atoms with Crippen LogP contribution < -0.4 is 5.32 Å². The molecule has 5 heteroatoms. The van der Waals surface area contributed by atoms with Crippen LogP contribution in [0.25, 0.3) is 0 Å². The molecule has 1 heterocycles. The number of hydrogen-bond acceptors (Lipinski definition) is 2. The van der Waals surface area contributed by atoms with Gasteiger partial charge in [-0.3, -0.25) is 0 Å². The summed E-state index contributed by atoms with van der Waals surface area (Å²) >= 11 is 6.04. The molecule has 1 N–H and O–H groups in total. The van der Waals surface area contributed by atoms with Crippen LogP contribution in [-0.2, 0) is 4.74 Å². The summed E-state index contributed by atoms with van der Waals surface area (Å²) in [5, 5.41) is 3.48. The van der Waals surface area contributed by atoms with Gasteiger partial charge in [0.1, 0.15) is 0 Å². The quantitative estimate of drug-likeness (QED) is 0.851. The molecular weight excluding hydrogens is 272 g/mol. The third-order valence-electron chi connectivity index (χ3n) is 3.44. The van der Waals surface area contributed by atoms with Gasteiger partial charge in [0.25, 0.3) is 0 Å². The van der Waals surface area contributed by atoms with Crippen molar-refractivity contribution in [3.8, 4) is 0 Å². The predicted molar refractivity (Wildman–Crippen MR) is 71.4 cm³/mol. The Morgan fingerprint density at radius 1 is 1.37 bits per heavy atom. The first kappa shape index (κ1) is 14.7. The summed E-state index contributed by atoms with van der Waals surface area (Å²) in [4.78, 5) is 0. The fourth-order valence-electron chi connectivity index (χ4n) is 2.52. The zero-order chi connectivity index (χ0) is 14.0. The maximum atomic E-state index is 13.4. The monoisotopic (exact) mass is 289 g/mol. The molecule has 3 atom stereocenters. The largest absolute Gasteiger partial charge is 0.373 e. The van der Waals surface area contributed by atoms with Gasteiger partial charge in [-0.05, 0) is 44.0 Å². The van der Waals surface area contributed by atoms with E-state index in [4.69, 9.17) is 16.3 Å². The van der Waals surface area contributed by atoms with Crippen LogP contribution in [0.2, 0.25) is 5.02 Å². The fourth-order valence-corrected chi connectivity index (χ4v) is 2.78. The highest BCUT2D eigenvalue weighted by atomic mass is 35.5. The molecule has 2 nitrogen and oxygen atoms in total. The zero-order valence-electron chi connectivity index (χ0n) is 11.1. The van der Waals surface area contributed by atoms with Crippen LogP contribution in [0.3, 0.4) is 0 Å². The van der Waals surface area contributed by atoms with E-state index in [2.05, 4.69) is 5.32 Å². The van der Waals surface area contributed by atoms with Gasteiger partial charge in [0.2, 0.25) is 0 Å². The van der Waals surface area contributed by atoms with E-state index in [0.717, 1.165) is 25.0 Å². The van der Waals surface area contributed by atoms with Gasteiger partial charge in [-0.2, -0.15) is 0 Å². The lowest BCUT2D eigenvalue weighted by molar-refractivity contribution is 0.0319. The Morgan fingerprint density at radius 3 is 2.63 bits per heavy atom.